The Bertz CT molecular complexity index is 703. The van der Waals surface area contributed by atoms with Gasteiger partial charge in [-0.25, -0.2) is 0 Å². The Labute approximate surface area is 166 Å². The molecule has 1 aliphatic rings. The normalized spacial score (nSPS) is 17.5. The van der Waals surface area contributed by atoms with Crippen molar-refractivity contribution >= 4 is 29.6 Å². The van der Waals surface area contributed by atoms with Crippen molar-refractivity contribution in [3.05, 3.63) is 35.9 Å². The smallest absolute Gasteiger partial charge is 0.389 e. The van der Waals surface area contributed by atoms with Crippen LogP contribution in [0.5, 0.6) is 0 Å². The van der Waals surface area contributed by atoms with Gasteiger partial charge in [-0.1, -0.05) is 0 Å². The zero-order valence-corrected chi connectivity index (χ0v) is 16.3. The first kappa shape index (κ1) is 22.2. The van der Waals surface area contributed by atoms with Crippen LogP contribution in [0, 0.1) is 0 Å². The molecule has 1 unspecified atom stereocenters. The van der Waals surface area contributed by atoms with Crippen molar-refractivity contribution in [2.45, 2.75) is 32.0 Å². The predicted octanol–water partition coefficient (Wildman–Crippen LogP) is 3.28. The molecule has 1 saturated heterocycles. The minimum Gasteiger partial charge on any atom is -0.401 e. The Kier molecular flexibility index (Phi) is 8.31. The Hall–Kier alpha value is -2.07. The number of aromatic nitrogens is 1. The number of amides is 1. The fraction of sp³-hybridized carbons (Fsp3) is 0.500. The molecular weight excluding hydrogens is 393 g/mol. The first-order valence-electron chi connectivity index (χ1n) is 8.73. The molecule has 0 aromatic carbocycles. The van der Waals surface area contributed by atoms with E-state index in [0.717, 1.165) is 11.8 Å². The molecule has 2 N–H and O–H groups in total. The van der Waals surface area contributed by atoms with E-state index in [1.807, 2.05) is 0 Å². The largest absolute Gasteiger partial charge is 0.401 e. The van der Waals surface area contributed by atoms with Crippen LogP contribution in [0.3, 0.4) is 0 Å². The first-order chi connectivity index (χ1) is 13.3. The highest BCUT2D eigenvalue weighted by atomic mass is 32.2. The van der Waals surface area contributed by atoms with Crippen molar-refractivity contribution in [3.63, 3.8) is 0 Å². The molecule has 1 aliphatic heterocycles. The van der Waals surface area contributed by atoms with E-state index in [9.17, 15) is 18.0 Å². The molecule has 0 radical (unpaired) electrons. The number of epoxide rings is 1. The van der Waals surface area contributed by atoms with Crippen LogP contribution in [-0.2, 0) is 9.53 Å². The zero-order valence-electron chi connectivity index (χ0n) is 15.5. The van der Waals surface area contributed by atoms with Gasteiger partial charge in [-0.3, -0.25) is 14.8 Å². The molecule has 2 rings (SSSR count). The van der Waals surface area contributed by atoms with Gasteiger partial charge in [0.1, 0.15) is 0 Å². The lowest BCUT2D eigenvalue weighted by Crippen LogP contribution is -2.36. The third-order valence-electron chi connectivity index (χ3n) is 3.76. The molecule has 1 amide bonds. The van der Waals surface area contributed by atoms with Gasteiger partial charge in [0.25, 0.3) is 0 Å². The number of carbonyl (C=O) groups is 1. The highest BCUT2D eigenvalue weighted by Crippen LogP contribution is 2.23. The Morgan fingerprint density at radius 2 is 2.25 bits per heavy atom. The second-order valence-electron chi connectivity index (χ2n) is 6.22. The van der Waals surface area contributed by atoms with Crippen LogP contribution in [0.4, 0.5) is 18.9 Å². The Morgan fingerprint density at radius 1 is 1.50 bits per heavy atom. The number of hydrogen-bond acceptors (Lipinski definition) is 6. The van der Waals surface area contributed by atoms with E-state index in [4.69, 9.17) is 10.5 Å². The molecule has 154 valence electrons. The van der Waals surface area contributed by atoms with E-state index >= 15 is 0 Å². The maximum Gasteiger partial charge on any atom is 0.389 e. The van der Waals surface area contributed by atoms with Gasteiger partial charge in [0, 0.05) is 29.8 Å². The highest BCUT2D eigenvalue weighted by molar-refractivity contribution is 7.99. The van der Waals surface area contributed by atoms with Crippen LogP contribution < -0.4 is 5.73 Å². The van der Waals surface area contributed by atoms with Gasteiger partial charge < -0.3 is 15.4 Å². The molecule has 0 aliphatic carbocycles. The lowest BCUT2D eigenvalue weighted by molar-refractivity contribution is -0.129. The topological polar surface area (TPSA) is 84.1 Å². The number of aliphatic imine (C=N–C) groups is 1. The van der Waals surface area contributed by atoms with Crippen LogP contribution in [0.25, 0.3) is 0 Å². The van der Waals surface area contributed by atoms with E-state index in [-0.39, 0.29) is 24.2 Å². The second-order valence-corrected chi connectivity index (χ2v) is 7.45. The van der Waals surface area contributed by atoms with Crippen LogP contribution in [0.15, 0.2) is 40.9 Å². The lowest BCUT2D eigenvalue weighted by atomic mass is 10.2. The molecular formula is C18H23F3N4O2S. The summed E-state index contributed by atoms with van der Waals surface area (Å²) in [5, 5.41) is 0. The van der Waals surface area contributed by atoms with Crippen molar-refractivity contribution < 1.29 is 22.7 Å². The molecule has 0 bridgehead atoms. The maximum absolute atomic E-state index is 12.7. The van der Waals surface area contributed by atoms with E-state index < -0.39 is 12.6 Å². The third kappa shape index (κ3) is 8.30. The van der Waals surface area contributed by atoms with Crippen molar-refractivity contribution in [3.8, 4) is 0 Å². The Balaban J connectivity index is 2.00. The van der Waals surface area contributed by atoms with Gasteiger partial charge in [0.05, 0.1) is 49.5 Å². The average Bonchev–Trinajstić information content (AvgIpc) is 3.44. The first-order valence-corrected chi connectivity index (χ1v) is 9.88. The maximum atomic E-state index is 12.7. The van der Waals surface area contributed by atoms with Gasteiger partial charge in [-0.2, -0.15) is 24.9 Å². The summed E-state index contributed by atoms with van der Waals surface area (Å²) in [5.41, 5.74) is 7.44. The van der Waals surface area contributed by atoms with Crippen molar-refractivity contribution in [1.29, 1.82) is 0 Å². The van der Waals surface area contributed by atoms with Gasteiger partial charge in [-0.15, -0.1) is 0 Å². The molecule has 28 heavy (non-hydrogen) atoms. The van der Waals surface area contributed by atoms with Gasteiger partial charge in [0.15, 0.2) is 0 Å². The summed E-state index contributed by atoms with van der Waals surface area (Å²) in [7, 11) is 0. The summed E-state index contributed by atoms with van der Waals surface area (Å²) in [6.07, 6.45) is -0.301. The minimum absolute atomic E-state index is 0.0659. The van der Waals surface area contributed by atoms with E-state index in [1.165, 1.54) is 11.1 Å². The number of pyridine rings is 1. The van der Waals surface area contributed by atoms with Gasteiger partial charge in [0.2, 0.25) is 5.91 Å². The summed E-state index contributed by atoms with van der Waals surface area (Å²) in [6, 6.07) is 3.50. The predicted molar refractivity (Wildman–Crippen MR) is 103 cm³/mol. The molecule has 6 nitrogen and oxygen atoms in total. The van der Waals surface area contributed by atoms with Crippen molar-refractivity contribution in [2.75, 3.05) is 24.7 Å². The monoisotopic (exact) mass is 416 g/mol. The number of allylic oxidation sites excluding steroid dienone is 2. The molecule has 1 aromatic rings. The third-order valence-corrected chi connectivity index (χ3v) is 4.74. The second kappa shape index (κ2) is 10.5. The number of nitrogens with two attached hydrogens (primary N) is 1. The fourth-order valence-corrected chi connectivity index (χ4v) is 3.15. The van der Waals surface area contributed by atoms with Gasteiger partial charge in [-0.05, 0) is 19.1 Å². The van der Waals surface area contributed by atoms with Crippen LogP contribution in [-0.4, -0.2) is 58.9 Å². The molecule has 1 fully saturated rings. The van der Waals surface area contributed by atoms with E-state index in [2.05, 4.69) is 9.98 Å². The number of alkyl halides is 3. The highest BCUT2D eigenvalue weighted by Gasteiger charge is 2.30. The molecule has 1 aromatic heterocycles. The number of carbonyl (C=O) groups excluding carboxylic acids is 1. The molecule has 2 heterocycles. The summed E-state index contributed by atoms with van der Waals surface area (Å²) >= 11 is 1.10. The van der Waals surface area contributed by atoms with Crippen LogP contribution >= 0.6 is 11.8 Å². The van der Waals surface area contributed by atoms with Crippen LogP contribution in [0.2, 0.25) is 0 Å². The number of nitrogens with zero attached hydrogens (tertiary/aromatic N) is 3. The van der Waals surface area contributed by atoms with Crippen LogP contribution in [0.1, 0.15) is 19.8 Å². The SMILES string of the molecule is CC(N)=C(C=Nc1cccnc1)N(CC1CO1)C(=O)CCSCCC(F)(F)F. The average molecular weight is 416 g/mol. The molecule has 1 atom stereocenters. The summed E-state index contributed by atoms with van der Waals surface area (Å²) < 4.78 is 41.8. The van der Waals surface area contributed by atoms with E-state index in [0.29, 0.717) is 36.0 Å². The van der Waals surface area contributed by atoms with Crippen molar-refractivity contribution in [1.82, 2.24) is 9.88 Å². The minimum atomic E-state index is -4.18. The molecule has 10 heteroatoms. The number of ether oxygens (including phenoxy) is 1. The zero-order chi connectivity index (χ0) is 20.6. The molecule has 0 saturated carbocycles. The summed E-state index contributed by atoms with van der Waals surface area (Å²) in [6.45, 7) is 2.55. The standard InChI is InChI=1S/C18H23F3N4O2S/c1-13(22)16(10-24-14-3-2-6-23-9-14)25(11-15-12-27-15)17(26)4-7-28-8-5-18(19,20)21/h2-3,6,9-10,15H,4-5,7-8,11-12,22H2,1H3. The quantitative estimate of drug-likeness (QED) is 0.360. The number of hydrogen-bond donors (Lipinski definition) is 1. The summed E-state index contributed by atoms with van der Waals surface area (Å²) in [5.74, 6) is 0.00410. The fourth-order valence-electron chi connectivity index (χ4n) is 2.25. The van der Waals surface area contributed by atoms with E-state index in [1.54, 1.807) is 31.5 Å². The van der Waals surface area contributed by atoms with Crippen molar-refractivity contribution in [2.24, 2.45) is 10.7 Å². The summed E-state index contributed by atoms with van der Waals surface area (Å²) in [4.78, 5) is 22.5. The lowest BCUT2D eigenvalue weighted by Gasteiger charge is -2.24. The number of halogens is 3. The number of thioether (sulfide) groups is 1. The molecule has 0 spiro atoms. The number of rotatable bonds is 10. The van der Waals surface area contributed by atoms with Gasteiger partial charge >= 0.3 is 6.18 Å². The Morgan fingerprint density at radius 3 is 2.82 bits per heavy atom.